The summed E-state index contributed by atoms with van der Waals surface area (Å²) in [6.07, 6.45) is 1.56. The van der Waals surface area contributed by atoms with E-state index < -0.39 is 22.5 Å². The molecule has 226 valence electrons. The van der Waals surface area contributed by atoms with Gasteiger partial charge in [0.2, 0.25) is 0 Å². The molecule has 3 heterocycles. The molecule has 1 atom stereocenters. The first-order valence-corrected chi connectivity index (χ1v) is 15.3. The number of nitrogens with zero attached hydrogens (tertiary/aromatic N) is 5. The first-order chi connectivity index (χ1) is 21.0. The van der Waals surface area contributed by atoms with E-state index in [0.717, 1.165) is 34.5 Å². The van der Waals surface area contributed by atoms with Crippen LogP contribution in [0.3, 0.4) is 0 Å². The summed E-state index contributed by atoms with van der Waals surface area (Å²) in [4.78, 5) is 52.7. The maximum absolute atomic E-state index is 14.0. The van der Waals surface area contributed by atoms with Gasteiger partial charge in [-0.3, -0.25) is 19.5 Å². The smallest absolute Gasteiger partial charge is 0.338 e. The molecule has 0 fully saturated rings. The lowest BCUT2D eigenvalue weighted by Gasteiger charge is -2.26. The molecule has 0 spiro atoms. The normalized spacial score (nSPS) is 14.7. The third-order valence-electron chi connectivity index (χ3n) is 6.64. The van der Waals surface area contributed by atoms with Gasteiger partial charge in [-0.05, 0) is 81.4 Å². The summed E-state index contributed by atoms with van der Waals surface area (Å²) in [6, 6.07) is 10.5. The molecular formula is C30H26ClN5O6S2. The molecule has 0 aliphatic carbocycles. The average Bonchev–Trinajstić information content (AvgIpc) is 3.26. The van der Waals surface area contributed by atoms with Crippen LogP contribution in [-0.2, 0) is 9.53 Å². The number of hydrogen-bond acceptors (Lipinski definition) is 11. The van der Waals surface area contributed by atoms with Gasteiger partial charge in [0.05, 0.1) is 39.3 Å². The summed E-state index contributed by atoms with van der Waals surface area (Å²) in [5.74, 6) is -0.200. The highest BCUT2D eigenvalue weighted by Gasteiger charge is 2.35. The zero-order valence-corrected chi connectivity index (χ0v) is 26.7. The van der Waals surface area contributed by atoms with Crippen molar-refractivity contribution >= 4 is 52.4 Å². The Balaban J connectivity index is 1.65. The van der Waals surface area contributed by atoms with Crippen LogP contribution in [0.1, 0.15) is 42.4 Å². The third-order valence-corrected chi connectivity index (χ3v) is 8.79. The van der Waals surface area contributed by atoms with E-state index in [-0.39, 0.29) is 22.4 Å². The molecule has 44 heavy (non-hydrogen) atoms. The zero-order chi connectivity index (χ0) is 31.7. The van der Waals surface area contributed by atoms with Gasteiger partial charge in [0, 0.05) is 28.0 Å². The number of halogens is 1. The van der Waals surface area contributed by atoms with E-state index in [4.69, 9.17) is 21.1 Å². The van der Waals surface area contributed by atoms with E-state index in [0.29, 0.717) is 42.4 Å². The number of benzene rings is 2. The Labute approximate surface area is 264 Å². The van der Waals surface area contributed by atoms with Gasteiger partial charge in [-0.2, -0.15) is 0 Å². The van der Waals surface area contributed by atoms with Crippen LogP contribution in [0, 0.1) is 24.0 Å². The van der Waals surface area contributed by atoms with Crippen molar-refractivity contribution in [3.8, 4) is 5.75 Å². The summed E-state index contributed by atoms with van der Waals surface area (Å²) >= 11 is 8.54. The van der Waals surface area contributed by atoms with Crippen LogP contribution < -0.4 is 19.6 Å². The fourth-order valence-electron chi connectivity index (χ4n) is 4.85. The number of hydrogen-bond donors (Lipinski definition) is 0. The Kier molecular flexibility index (Phi) is 9.00. The summed E-state index contributed by atoms with van der Waals surface area (Å²) in [6.45, 7) is 7.15. The Bertz CT molecular complexity index is 2020. The Hall–Kier alpha value is -4.33. The van der Waals surface area contributed by atoms with Gasteiger partial charge in [0.1, 0.15) is 11.8 Å². The second kappa shape index (κ2) is 12.7. The van der Waals surface area contributed by atoms with Crippen molar-refractivity contribution in [2.24, 2.45) is 4.99 Å². The minimum Gasteiger partial charge on any atom is -0.496 e. The average molecular weight is 652 g/mol. The highest BCUT2D eigenvalue weighted by atomic mass is 35.5. The number of thiazole rings is 1. The molecule has 0 amide bonds. The number of allylic oxidation sites excluding steroid dienone is 1. The third kappa shape index (κ3) is 6.16. The van der Waals surface area contributed by atoms with Crippen molar-refractivity contribution in [1.29, 1.82) is 0 Å². The van der Waals surface area contributed by atoms with Gasteiger partial charge in [-0.15, -0.1) is 0 Å². The molecule has 4 aromatic rings. The molecule has 1 aliphatic rings. The van der Waals surface area contributed by atoms with Crippen molar-refractivity contribution in [3.63, 3.8) is 0 Å². The van der Waals surface area contributed by atoms with E-state index >= 15 is 0 Å². The minimum absolute atomic E-state index is 0.127. The second-order valence-electron chi connectivity index (χ2n) is 9.71. The fraction of sp³-hybridized carbons (Fsp3) is 0.233. The highest BCUT2D eigenvalue weighted by Crippen LogP contribution is 2.37. The van der Waals surface area contributed by atoms with Gasteiger partial charge in [-0.25, -0.2) is 19.8 Å². The molecule has 0 N–H and O–H groups in total. The number of aryl methyl sites for hydroxylation is 2. The molecule has 1 aliphatic heterocycles. The molecule has 0 saturated carbocycles. The first kappa shape index (κ1) is 31.1. The summed E-state index contributed by atoms with van der Waals surface area (Å²) in [5, 5.41) is 12.8. The van der Waals surface area contributed by atoms with Gasteiger partial charge < -0.3 is 9.47 Å². The van der Waals surface area contributed by atoms with Crippen LogP contribution in [0.2, 0.25) is 5.02 Å². The molecule has 11 nitrogen and oxygen atoms in total. The summed E-state index contributed by atoms with van der Waals surface area (Å²) in [7, 11) is 1.48. The topological polar surface area (TPSA) is 139 Å². The van der Waals surface area contributed by atoms with Crippen LogP contribution >= 0.6 is 34.7 Å². The second-order valence-corrected chi connectivity index (χ2v) is 12.2. The molecule has 0 bridgehead atoms. The quantitative estimate of drug-likeness (QED) is 0.112. The Morgan fingerprint density at radius 2 is 1.89 bits per heavy atom. The van der Waals surface area contributed by atoms with Gasteiger partial charge in [0.15, 0.2) is 9.96 Å². The van der Waals surface area contributed by atoms with E-state index in [1.54, 1.807) is 50.3 Å². The van der Waals surface area contributed by atoms with Gasteiger partial charge in [0.25, 0.3) is 11.2 Å². The fourth-order valence-corrected chi connectivity index (χ4v) is 7.02. The highest BCUT2D eigenvalue weighted by molar-refractivity contribution is 7.99. The molecule has 0 radical (unpaired) electrons. The monoisotopic (exact) mass is 651 g/mol. The summed E-state index contributed by atoms with van der Waals surface area (Å²) in [5.41, 5.74) is 2.39. The van der Waals surface area contributed by atoms with Crippen molar-refractivity contribution in [3.05, 3.63) is 111 Å². The number of methoxy groups -OCH3 is 1. The number of nitro groups is 1. The number of carbonyl (C=O) groups excluding carboxylic acids is 1. The molecular weight excluding hydrogens is 626 g/mol. The maximum Gasteiger partial charge on any atom is 0.338 e. The van der Waals surface area contributed by atoms with Crippen molar-refractivity contribution < 1.29 is 19.2 Å². The van der Waals surface area contributed by atoms with Crippen LogP contribution in [0.15, 0.2) is 73.6 Å². The number of aromatic nitrogens is 3. The summed E-state index contributed by atoms with van der Waals surface area (Å²) < 4.78 is 12.6. The lowest BCUT2D eigenvalue weighted by molar-refractivity contribution is -0.387. The largest absolute Gasteiger partial charge is 0.496 e. The SMILES string of the molecule is CCOC(=O)C1=C(C)N=c2s/c(=C\c3ccc(Sc4nc(C)cc(C)n4)c([N+](=O)[O-])c3)c(=O)n2[C@@H]1c1cc(Cl)ccc1OC. The van der Waals surface area contributed by atoms with Crippen LogP contribution in [0.25, 0.3) is 6.08 Å². The van der Waals surface area contributed by atoms with Gasteiger partial charge >= 0.3 is 5.97 Å². The number of fused-ring (bicyclic) bond motifs is 1. The molecule has 2 aromatic heterocycles. The maximum atomic E-state index is 14.0. The number of ether oxygens (including phenoxy) is 2. The van der Waals surface area contributed by atoms with Crippen molar-refractivity contribution in [1.82, 2.24) is 14.5 Å². The molecule has 14 heteroatoms. The predicted octanol–water partition coefficient (Wildman–Crippen LogP) is 4.93. The minimum atomic E-state index is -0.938. The van der Waals surface area contributed by atoms with Crippen LogP contribution in [-0.4, -0.2) is 39.1 Å². The van der Waals surface area contributed by atoms with E-state index in [2.05, 4.69) is 15.0 Å². The molecule has 0 saturated heterocycles. The number of carbonyl (C=O) groups is 1. The van der Waals surface area contributed by atoms with Crippen LogP contribution in [0.5, 0.6) is 5.75 Å². The first-order valence-electron chi connectivity index (χ1n) is 13.3. The van der Waals surface area contributed by atoms with Crippen molar-refractivity contribution in [2.45, 2.75) is 43.8 Å². The lowest BCUT2D eigenvalue weighted by atomic mass is 9.95. The van der Waals surface area contributed by atoms with E-state index in [9.17, 15) is 19.7 Å². The Morgan fingerprint density at radius 3 is 2.55 bits per heavy atom. The number of nitro benzene ring substituents is 1. The van der Waals surface area contributed by atoms with E-state index in [1.165, 1.54) is 17.7 Å². The zero-order valence-electron chi connectivity index (χ0n) is 24.3. The number of rotatable bonds is 8. The molecule has 5 rings (SSSR count). The predicted molar refractivity (Wildman–Crippen MR) is 167 cm³/mol. The number of esters is 1. The standard InChI is InChI=1S/C30H26ClN5O6S2/c1-6-42-28(38)25-17(4)34-30-35(26(25)20-14-19(31)8-9-22(20)41-5)27(37)24(44-30)13-18-7-10-23(21(12-18)36(39)40)43-29-32-15(2)11-16(3)33-29/h7-14,26H,6H2,1-5H3/b24-13-/t26-/m1/s1. The van der Waals surface area contributed by atoms with E-state index in [1.807, 2.05) is 19.9 Å². The Morgan fingerprint density at radius 1 is 1.16 bits per heavy atom. The molecule has 2 aromatic carbocycles. The lowest BCUT2D eigenvalue weighted by Crippen LogP contribution is -2.40. The molecule has 0 unspecified atom stereocenters. The van der Waals surface area contributed by atoms with Crippen molar-refractivity contribution in [2.75, 3.05) is 13.7 Å². The van der Waals surface area contributed by atoms with Crippen LogP contribution in [0.4, 0.5) is 5.69 Å². The van der Waals surface area contributed by atoms with Gasteiger partial charge in [-0.1, -0.05) is 29.0 Å².